The smallest absolute Gasteiger partial charge is 0.262 e. The van der Waals surface area contributed by atoms with Crippen molar-refractivity contribution in [3.63, 3.8) is 0 Å². The SMILES string of the molecule is Cc1cc(F)c(NS(=O)(=O)c2cc(N)cc(F)c2)cc1F. The van der Waals surface area contributed by atoms with E-state index in [4.69, 9.17) is 5.73 Å². The lowest BCUT2D eigenvalue weighted by Crippen LogP contribution is -2.15. The molecule has 0 heterocycles. The highest BCUT2D eigenvalue weighted by atomic mass is 32.2. The summed E-state index contributed by atoms with van der Waals surface area (Å²) in [5.74, 6) is -2.57. The molecule has 0 spiro atoms. The van der Waals surface area contributed by atoms with Crippen molar-refractivity contribution in [3.05, 3.63) is 53.3 Å². The molecular weight excluding hydrogens is 305 g/mol. The van der Waals surface area contributed by atoms with Gasteiger partial charge in [-0.3, -0.25) is 4.72 Å². The third kappa shape index (κ3) is 3.27. The molecule has 3 N–H and O–H groups in total. The van der Waals surface area contributed by atoms with Crippen molar-refractivity contribution in [2.75, 3.05) is 10.5 Å². The molecule has 2 aromatic carbocycles. The van der Waals surface area contributed by atoms with Gasteiger partial charge < -0.3 is 5.73 Å². The lowest BCUT2D eigenvalue weighted by Gasteiger charge is -2.10. The summed E-state index contributed by atoms with van der Waals surface area (Å²) in [5.41, 5.74) is 4.72. The van der Waals surface area contributed by atoms with Crippen molar-refractivity contribution < 1.29 is 21.6 Å². The highest BCUT2D eigenvalue weighted by Gasteiger charge is 2.19. The van der Waals surface area contributed by atoms with Crippen molar-refractivity contribution in [1.29, 1.82) is 0 Å². The van der Waals surface area contributed by atoms with Crippen molar-refractivity contribution in [2.24, 2.45) is 0 Å². The minimum Gasteiger partial charge on any atom is -0.399 e. The fourth-order valence-corrected chi connectivity index (χ4v) is 2.79. The second kappa shape index (κ2) is 5.28. The fourth-order valence-electron chi connectivity index (χ4n) is 1.67. The van der Waals surface area contributed by atoms with Gasteiger partial charge in [0.05, 0.1) is 10.6 Å². The molecule has 0 aliphatic carbocycles. The van der Waals surface area contributed by atoms with Crippen LogP contribution in [0, 0.1) is 24.4 Å². The minimum absolute atomic E-state index is 0.0328. The molecule has 0 atom stereocenters. The molecule has 112 valence electrons. The number of nitrogen functional groups attached to an aromatic ring is 1. The molecule has 2 rings (SSSR count). The Bertz CT molecular complexity index is 787. The van der Waals surface area contributed by atoms with E-state index in [1.165, 1.54) is 6.92 Å². The van der Waals surface area contributed by atoms with Gasteiger partial charge in [-0.05, 0) is 36.8 Å². The first kappa shape index (κ1) is 15.2. The molecule has 0 saturated heterocycles. The number of anilines is 2. The Kier molecular flexibility index (Phi) is 3.82. The molecule has 0 fully saturated rings. The summed E-state index contributed by atoms with van der Waals surface area (Å²) >= 11 is 0. The average molecular weight is 316 g/mol. The highest BCUT2D eigenvalue weighted by Crippen LogP contribution is 2.23. The Labute approximate surface area is 119 Å². The van der Waals surface area contributed by atoms with Gasteiger partial charge in [0, 0.05) is 11.8 Å². The van der Waals surface area contributed by atoms with Crippen molar-refractivity contribution in [2.45, 2.75) is 11.8 Å². The molecule has 0 saturated carbocycles. The van der Waals surface area contributed by atoms with Crippen LogP contribution in [0.2, 0.25) is 0 Å². The fraction of sp³-hybridized carbons (Fsp3) is 0.0769. The van der Waals surface area contributed by atoms with Gasteiger partial charge in [0.1, 0.15) is 17.5 Å². The van der Waals surface area contributed by atoms with Gasteiger partial charge in [-0.2, -0.15) is 0 Å². The number of hydrogen-bond donors (Lipinski definition) is 2. The van der Waals surface area contributed by atoms with Crippen LogP contribution < -0.4 is 10.5 Å². The normalized spacial score (nSPS) is 11.4. The van der Waals surface area contributed by atoms with Crippen LogP contribution in [-0.4, -0.2) is 8.42 Å². The number of benzene rings is 2. The third-order valence-corrected chi connectivity index (χ3v) is 4.04. The molecule has 0 bridgehead atoms. The maximum Gasteiger partial charge on any atom is 0.262 e. The van der Waals surface area contributed by atoms with Gasteiger partial charge in [0.25, 0.3) is 10.0 Å². The van der Waals surface area contributed by atoms with Gasteiger partial charge in [0.2, 0.25) is 0 Å². The van der Waals surface area contributed by atoms with Crippen molar-refractivity contribution in [1.82, 2.24) is 0 Å². The largest absolute Gasteiger partial charge is 0.399 e. The molecule has 0 radical (unpaired) electrons. The first-order valence-electron chi connectivity index (χ1n) is 5.73. The summed E-state index contributed by atoms with van der Waals surface area (Å²) in [6.07, 6.45) is 0. The van der Waals surface area contributed by atoms with E-state index in [2.05, 4.69) is 0 Å². The van der Waals surface area contributed by atoms with Gasteiger partial charge in [-0.15, -0.1) is 0 Å². The first-order valence-corrected chi connectivity index (χ1v) is 7.22. The topological polar surface area (TPSA) is 72.2 Å². The van der Waals surface area contributed by atoms with Crippen molar-refractivity contribution >= 4 is 21.4 Å². The second-order valence-electron chi connectivity index (χ2n) is 4.41. The maximum atomic E-state index is 13.6. The first-order chi connectivity index (χ1) is 9.69. The van der Waals surface area contributed by atoms with E-state index < -0.39 is 38.1 Å². The summed E-state index contributed by atoms with van der Waals surface area (Å²) in [6.45, 7) is 1.34. The average Bonchev–Trinajstić information content (AvgIpc) is 2.34. The molecule has 0 aromatic heterocycles. The van der Waals surface area contributed by atoms with Gasteiger partial charge >= 0.3 is 0 Å². The zero-order valence-electron chi connectivity index (χ0n) is 10.8. The second-order valence-corrected chi connectivity index (χ2v) is 6.09. The zero-order chi connectivity index (χ0) is 15.8. The quantitative estimate of drug-likeness (QED) is 0.855. The Hall–Kier alpha value is -2.22. The highest BCUT2D eigenvalue weighted by molar-refractivity contribution is 7.92. The van der Waals surface area contributed by atoms with Crippen LogP contribution in [0.3, 0.4) is 0 Å². The number of nitrogens with two attached hydrogens (primary N) is 1. The number of halogens is 3. The van der Waals surface area contributed by atoms with E-state index in [1.54, 1.807) is 0 Å². The third-order valence-electron chi connectivity index (χ3n) is 2.70. The van der Waals surface area contributed by atoms with Crippen LogP contribution in [-0.2, 0) is 10.0 Å². The Morgan fingerprint density at radius 2 is 1.67 bits per heavy atom. The lowest BCUT2D eigenvalue weighted by atomic mass is 10.2. The summed E-state index contributed by atoms with van der Waals surface area (Å²) in [6, 6.07) is 4.23. The van der Waals surface area contributed by atoms with Crippen LogP contribution in [0.5, 0.6) is 0 Å². The Morgan fingerprint density at radius 3 is 2.29 bits per heavy atom. The molecule has 8 heteroatoms. The monoisotopic (exact) mass is 316 g/mol. The predicted molar refractivity (Wildman–Crippen MR) is 72.7 cm³/mol. The van der Waals surface area contributed by atoms with E-state index in [1.807, 2.05) is 4.72 Å². The standard InChI is InChI=1S/C13H11F3N2O2S/c1-7-2-12(16)13(6-11(7)15)18-21(19,20)10-4-8(14)3-9(17)5-10/h2-6,18H,17H2,1H3. The van der Waals surface area contributed by atoms with Gasteiger partial charge in [0.15, 0.2) is 0 Å². The Balaban J connectivity index is 2.44. The van der Waals surface area contributed by atoms with E-state index in [0.717, 1.165) is 24.3 Å². The maximum absolute atomic E-state index is 13.6. The minimum atomic E-state index is -4.29. The van der Waals surface area contributed by atoms with E-state index in [0.29, 0.717) is 6.07 Å². The van der Waals surface area contributed by atoms with Crippen LogP contribution in [0.1, 0.15) is 5.56 Å². The number of nitrogens with one attached hydrogen (secondary N) is 1. The molecule has 21 heavy (non-hydrogen) atoms. The summed E-state index contributed by atoms with van der Waals surface area (Å²) < 4.78 is 66.1. The lowest BCUT2D eigenvalue weighted by molar-refractivity contribution is 0.588. The molecule has 2 aromatic rings. The van der Waals surface area contributed by atoms with Crippen LogP contribution in [0.4, 0.5) is 24.5 Å². The van der Waals surface area contributed by atoms with E-state index in [9.17, 15) is 21.6 Å². The van der Waals surface area contributed by atoms with Crippen LogP contribution in [0.25, 0.3) is 0 Å². The predicted octanol–water partition coefficient (Wildman–Crippen LogP) is 2.80. The van der Waals surface area contributed by atoms with Gasteiger partial charge in [-0.25, -0.2) is 21.6 Å². The zero-order valence-corrected chi connectivity index (χ0v) is 11.6. The van der Waals surface area contributed by atoms with Gasteiger partial charge in [-0.1, -0.05) is 0 Å². The summed E-state index contributed by atoms with van der Waals surface area (Å²) in [7, 11) is -4.29. The molecule has 4 nitrogen and oxygen atoms in total. The number of hydrogen-bond acceptors (Lipinski definition) is 3. The van der Waals surface area contributed by atoms with Crippen molar-refractivity contribution in [3.8, 4) is 0 Å². The molecule has 0 amide bonds. The summed E-state index contributed by atoms with van der Waals surface area (Å²) in [5, 5.41) is 0. The summed E-state index contributed by atoms with van der Waals surface area (Å²) in [4.78, 5) is -0.486. The van der Waals surface area contributed by atoms with E-state index in [-0.39, 0.29) is 11.3 Å². The molecule has 0 aliphatic heterocycles. The van der Waals surface area contributed by atoms with E-state index >= 15 is 0 Å². The number of aryl methyl sites for hydroxylation is 1. The number of sulfonamides is 1. The molecule has 0 unspecified atom stereocenters. The number of rotatable bonds is 3. The Morgan fingerprint density at radius 1 is 1.00 bits per heavy atom. The molecule has 0 aliphatic rings. The van der Waals surface area contributed by atoms with Crippen LogP contribution >= 0.6 is 0 Å². The molecular formula is C13H11F3N2O2S. The van der Waals surface area contributed by atoms with Crippen LogP contribution in [0.15, 0.2) is 35.2 Å².